The van der Waals surface area contributed by atoms with Gasteiger partial charge in [0, 0.05) is 18.9 Å². The highest BCUT2D eigenvalue weighted by Gasteiger charge is 2.10. The van der Waals surface area contributed by atoms with Crippen molar-refractivity contribution in [2.75, 3.05) is 11.6 Å². The molecule has 88 valence electrons. The van der Waals surface area contributed by atoms with E-state index in [2.05, 4.69) is 5.32 Å². The van der Waals surface area contributed by atoms with Gasteiger partial charge in [0.05, 0.1) is 4.90 Å². The number of hydrogen-bond acceptors (Lipinski definition) is 3. The van der Waals surface area contributed by atoms with Gasteiger partial charge in [0.25, 0.3) is 0 Å². The highest BCUT2D eigenvalue weighted by Crippen LogP contribution is 2.21. The topological polar surface area (TPSA) is 63.2 Å². The van der Waals surface area contributed by atoms with Crippen LogP contribution in [0.3, 0.4) is 0 Å². The molecule has 0 radical (unpaired) electrons. The normalized spacial score (nSPS) is 11.2. The molecule has 0 aliphatic carbocycles. The van der Waals surface area contributed by atoms with Crippen molar-refractivity contribution in [1.82, 2.24) is 0 Å². The molecule has 0 bridgehead atoms. The third-order valence-corrected chi connectivity index (χ3v) is 3.31. The van der Waals surface area contributed by atoms with Crippen LogP contribution < -0.4 is 5.32 Å². The minimum atomic E-state index is -3.24. The lowest BCUT2D eigenvalue weighted by Gasteiger charge is -2.09. The van der Waals surface area contributed by atoms with Gasteiger partial charge in [0.2, 0.25) is 5.91 Å². The van der Waals surface area contributed by atoms with Crippen molar-refractivity contribution >= 4 is 21.4 Å². The molecule has 4 nitrogen and oxygen atoms in total. The lowest BCUT2D eigenvalue weighted by Crippen LogP contribution is -2.09. The van der Waals surface area contributed by atoms with Gasteiger partial charge in [0.15, 0.2) is 9.84 Å². The van der Waals surface area contributed by atoms with Crippen LogP contribution in [0, 0.1) is 0 Å². The maximum Gasteiger partial charge on any atom is 0.221 e. The Balaban J connectivity index is 3.27. The summed E-state index contributed by atoms with van der Waals surface area (Å²) < 4.78 is 22.7. The van der Waals surface area contributed by atoms with Gasteiger partial charge < -0.3 is 5.32 Å². The van der Waals surface area contributed by atoms with Crippen molar-refractivity contribution in [3.8, 4) is 0 Å². The van der Waals surface area contributed by atoms with E-state index in [4.69, 9.17) is 0 Å². The first kappa shape index (κ1) is 12.7. The Labute approximate surface area is 95.6 Å². The largest absolute Gasteiger partial charge is 0.326 e. The van der Waals surface area contributed by atoms with Crippen LogP contribution >= 0.6 is 0 Å². The standard InChI is InChI=1S/C11H15NO3S/c1-4-9-5-6-10(16(3,14)15)7-11(9)12-8(2)13/h5-7H,4H2,1-3H3,(H,12,13). The summed E-state index contributed by atoms with van der Waals surface area (Å²) in [6.07, 6.45) is 1.88. The summed E-state index contributed by atoms with van der Waals surface area (Å²) >= 11 is 0. The molecule has 0 saturated carbocycles. The molecule has 0 aromatic heterocycles. The molecule has 5 heteroatoms. The Morgan fingerprint density at radius 2 is 2.00 bits per heavy atom. The van der Waals surface area contributed by atoms with E-state index in [9.17, 15) is 13.2 Å². The van der Waals surface area contributed by atoms with Crippen molar-refractivity contribution < 1.29 is 13.2 Å². The number of nitrogens with one attached hydrogen (secondary N) is 1. The molecule has 1 aromatic carbocycles. The summed E-state index contributed by atoms with van der Waals surface area (Å²) in [4.78, 5) is 11.2. The van der Waals surface area contributed by atoms with Crippen molar-refractivity contribution in [2.45, 2.75) is 25.2 Å². The van der Waals surface area contributed by atoms with Crippen molar-refractivity contribution in [2.24, 2.45) is 0 Å². The maximum absolute atomic E-state index is 11.4. The smallest absolute Gasteiger partial charge is 0.221 e. The lowest BCUT2D eigenvalue weighted by molar-refractivity contribution is -0.114. The summed E-state index contributed by atoms with van der Waals surface area (Å²) in [7, 11) is -3.24. The molecule has 0 saturated heterocycles. The van der Waals surface area contributed by atoms with E-state index in [1.165, 1.54) is 13.0 Å². The number of benzene rings is 1. The second kappa shape index (κ2) is 4.65. The zero-order valence-corrected chi connectivity index (χ0v) is 10.4. The minimum absolute atomic E-state index is 0.208. The van der Waals surface area contributed by atoms with Crippen LogP contribution in [-0.4, -0.2) is 20.6 Å². The maximum atomic E-state index is 11.4. The van der Waals surface area contributed by atoms with Gasteiger partial charge in [-0.15, -0.1) is 0 Å². The second-order valence-corrected chi connectivity index (χ2v) is 5.64. The Kier molecular flexibility index (Phi) is 3.70. The van der Waals surface area contributed by atoms with Gasteiger partial charge in [-0.2, -0.15) is 0 Å². The van der Waals surface area contributed by atoms with Crippen LogP contribution in [0.4, 0.5) is 5.69 Å². The number of aryl methyl sites for hydroxylation is 1. The van der Waals surface area contributed by atoms with Crippen molar-refractivity contribution in [3.05, 3.63) is 23.8 Å². The molecular formula is C11H15NO3S. The molecule has 0 aliphatic heterocycles. The number of anilines is 1. The zero-order chi connectivity index (χ0) is 12.3. The predicted octanol–water partition coefficient (Wildman–Crippen LogP) is 1.61. The molecule has 0 atom stereocenters. The van der Waals surface area contributed by atoms with Crippen LogP contribution in [-0.2, 0) is 21.1 Å². The monoisotopic (exact) mass is 241 g/mol. The number of carbonyl (C=O) groups excluding carboxylic acids is 1. The Bertz CT molecular complexity index is 506. The summed E-state index contributed by atoms with van der Waals surface area (Å²) in [5, 5.41) is 2.63. The first-order chi connectivity index (χ1) is 7.34. The fourth-order valence-corrected chi connectivity index (χ4v) is 2.05. The predicted molar refractivity (Wildman–Crippen MR) is 63.2 cm³/mol. The van der Waals surface area contributed by atoms with E-state index in [1.807, 2.05) is 6.92 Å². The van der Waals surface area contributed by atoms with Crippen molar-refractivity contribution in [1.29, 1.82) is 0 Å². The average molecular weight is 241 g/mol. The third-order valence-electron chi connectivity index (χ3n) is 2.20. The van der Waals surface area contributed by atoms with Gasteiger partial charge in [-0.05, 0) is 24.1 Å². The molecule has 1 N–H and O–H groups in total. The molecular weight excluding hydrogens is 226 g/mol. The quantitative estimate of drug-likeness (QED) is 0.874. The van der Waals surface area contributed by atoms with E-state index < -0.39 is 9.84 Å². The summed E-state index contributed by atoms with van der Waals surface area (Å²) in [5.74, 6) is -0.208. The van der Waals surface area contributed by atoms with Crippen LogP contribution in [0.15, 0.2) is 23.1 Å². The van der Waals surface area contributed by atoms with E-state index in [0.29, 0.717) is 5.69 Å². The first-order valence-electron chi connectivity index (χ1n) is 4.95. The minimum Gasteiger partial charge on any atom is -0.326 e. The van der Waals surface area contributed by atoms with E-state index in [1.54, 1.807) is 12.1 Å². The lowest BCUT2D eigenvalue weighted by atomic mass is 10.1. The Morgan fingerprint density at radius 1 is 1.38 bits per heavy atom. The van der Waals surface area contributed by atoms with Crippen LogP contribution in [0.25, 0.3) is 0 Å². The number of carbonyl (C=O) groups is 1. The molecule has 0 heterocycles. The van der Waals surface area contributed by atoms with Gasteiger partial charge in [-0.1, -0.05) is 13.0 Å². The number of sulfone groups is 1. The molecule has 16 heavy (non-hydrogen) atoms. The SMILES string of the molecule is CCc1ccc(S(C)(=O)=O)cc1NC(C)=O. The van der Waals surface area contributed by atoms with Crippen molar-refractivity contribution in [3.63, 3.8) is 0 Å². The van der Waals surface area contributed by atoms with Gasteiger partial charge in [-0.3, -0.25) is 4.79 Å². The van der Waals surface area contributed by atoms with E-state index in [-0.39, 0.29) is 10.8 Å². The molecule has 1 rings (SSSR count). The van der Waals surface area contributed by atoms with Crippen LogP contribution in [0.2, 0.25) is 0 Å². The van der Waals surface area contributed by atoms with E-state index in [0.717, 1.165) is 18.2 Å². The number of hydrogen-bond donors (Lipinski definition) is 1. The second-order valence-electron chi connectivity index (χ2n) is 3.63. The molecule has 1 amide bonds. The van der Waals surface area contributed by atoms with Gasteiger partial charge in [0.1, 0.15) is 0 Å². The molecule has 0 spiro atoms. The molecule has 1 aromatic rings. The summed E-state index contributed by atoms with van der Waals surface area (Å²) in [6.45, 7) is 3.34. The van der Waals surface area contributed by atoms with Crippen LogP contribution in [0.1, 0.15) is 19.4 Å². The molecule has 0 aliphatic rings. The Hall–Kier alpha value is -1.36. The molecule has 0 unspecified atom stereocenters. The fraction of sp³-hybridized carbons (Fsp3) is 0.364. The van der Waals surface area contributed by atoms with E-state index >= 15 is 0 Å². The zero-order valence-electron chi connectivity index (χ0n) is 9.57. The highest BCUT2D eigenvalue weighted by atomic mass is 32.2. The number of rotatable bonds is 3. The van der Waals surface area contributed by atoms with Crippen LogP contribution in [0.5, 0.6) is 0 Å². The van der Waals surface area contributed by atoms with Gasteiger partial charge >= 0.3 is 0 Å². The Morgan fingerprint density at radius 3 is 2.44 bits per heavy atom. The fourth-order valence-electron chi connectivity index (χ4n) is 1.40. The number of amides is 1. The third kappa shape index (κ3) is 3.06. The highest BCUT2D eigenvalue weighted by molar-refractivity contribution is 7.90. The van der Waals surface area contributed by atoms with Gasteiger partial charge in [-0.25, -0.2) is 8.42 Å². The average Bonchev–Trinajstić information content (AvgIpc) is 2.15. The molecule has 0 fully saturated rings. The summed E-state index contributed by atoms with van der Waals surface area (Å²) in [6, 6.07) is 4.77. The summed E-state index contributed by atoms with van der Waals surface area (Å²) in [5.41, 5.74) is 1.49. The first-order valence-corrected chi connectivity index (χ1v) is 6.84.